The summed E-state index contributed by atoms with van der Waals surface area (Å²) in [5, 5.41) is 10.9. The summed E-state index contributed by atoms with van der Waals surface area (Å²) in [6, 6.07) is 12.4. The van der Waals surface area contributed by atoms with Crippen LogP contribution in [-0.2, 0) is 24.1 Å². The normalized spacial score (nSPS) is 13.5. The molecule has 0 radical (unpaired) electrons. The maximum atomic E-state index is 14.6. The highest BCUT2D eigenvalue weighted by Crippen LogP contribution is 2.33. The molecule has 3 aromatic rings. The number of rotatable bonds is 5. The molecule has 1 aliphatic rings. The highest BCUT2D eigenvalue weighted by Gasteiger charge is 2.37. The Hall–Kier alpha value is -3.32. The molecule has 0 saturated carbocycles. The molecule has 1 aromatic heterocycles. The molecule has 7 heteroatoms. The van der Waals surface area contributed by atoms with E-state index in [0.717, 1.165) is 33.8 Å². The lowest BCUT2D eigenvalue weighted by Crippen LogP contribution is -2.43. The van der Waals surface area contributed by atoms with Crippen molar-refractivity contribution in [3.8, 4) is 0 Å². The van der Waals surface area contributed by atoms with E-state index in [1.54, 1.807) is 6.07 Å². The number of carbonyl (C=O) groups is 3. The van der Waals surface area contributed by atoms with Crippen molar-refractivity contribution >= 4 is 34.8 Å². The van der Waals surface area contributed by atoms with Gasteiger partial charge in [-0.05, 0) is 59.5 Å². The molecule has 4 rings (SSSR count). The van der Waals surface area contributed by atoms with E-state index < -0.39 is 23.6 Å². The first-order valence-corrected chi connectivity index (χ1v) is 10.3. The average molecular weight is 423 g/mol. The molecule has 2 amide bonds. The minimum atomic E-state index is -1.24. The minimum absolute atomic E-state index is 0.0307. The summed E-state index contributed by atoms with van der Waals surface area (Å²) < 4.78 is 14.6. The molecule has 0 saturated heterocycles. The lowest BCUT2D eigenvalue weighted by molar-refractivity contribution is -0.117. The number of nitrogens with zero attached hydrogens (tertiary/aromatic N) is 1. The van der Waals surface area contributed by atoms with E-state index in [4.69, 9.17) is 0 Å². The van der Waals surface area contributed by atoms with Gasteiger partial charge in [-0.15, -0.1) is 11.3 Å². The Morgan fingerprint density at radius 2 is 1.93 bits per heavy atom. The Balaban J connectivity index is 1.66. The van der Waals surface area contributed by atoms with Crippen LogP contribution in [0, 0.1) is 12.7 Å². The Morgan fingerprint density at radius 3 is 2.67 bits per heavy atom. The van der Waals surface area contributed by atoms with Gasteiger partial charge in [-0.25, -0.2) is 14.1 Å². The molecule has 30 heavy (non-hydrogen) atoms. The van der Waals surface area contributed by atoms with Gasteiger partial charge in [0.15, 0.2) is 0 Å². The van der Waals surface area contributed by atoms with E-state index in [1.807, 2.05) is 31.2 Å². The van der Waals surface area contributed by atoms with Crippen LogP contribution in [0.1, 0.15) is 42.3 Å². The number of carbonyl (C=O) groups excluding carboxylic acids is 2. The number of carboxylic acids is 1. The van der Waals surface area contributed by atoms with E-state index in [9.17, 15) is 23.9 Å². The quantitative estimate of drug-likeness (QED) is 0.617. The van der Waals surface area contributed by atoms with Gasteiger partial charge in [0.05, 0.1) is 17.7 Å². The van der Waals surface area contributed by atoms with Crippen LogP contribution in [0.2, 0.25) is 0 Å². The van der Waals surface area contributed by atoms with Crippen LogP contribution in [0.15, 0.2) is 47.8 Å². The van der Waals surface area contributed by atoms with Crippen LogP contribution < -0.4 is 4.90 Å². The van der Waals surface area contributed by atoms with Gasteiger partial charge in [-0.2, -0.15) is 0 Å². The first-order valence-electron chi connectivity index (χ1n) is 9.40. The van der Waals surface area contributed by atoms with Crippen LogP contribution in [-0.4, -0.2) is 22.9 Å². The molecule has 2 heterocycles. The van der Waals surface area contributed by atoms with Gasteiger partial charge in [0.25, 0.3) is 5.91 Å². The number of anilines is 1. The van der Waals surface area contributed by atoms with Crippen molar-refractivity contribution < 1.29 is 23.9 Å². The van der Waals surface area contributed by atoms with E-state index in [2.05, 4.69) is 0 Å². The Kier molecular flexibility index (Phi) is 5.22. The molecule has 152 valence electrons. The van der Waals surface area contributed by atoms with Gasteiger partial charge in [0, 0.05) is 0 Å². The fourth-order valence-electron chi connectivity index (χ4n) is 3.68. The summed E-state index contributed by atoms with van der Waals surface area (Å²) in [5.74, 6) is -3.31. The summed E-state index contributed by atoms with van der Waals surface area (Å²) in [5.41, 5.74) is 3.32. The zero-order chi connectivity index (χ0) is 21.4. The summed E-state index contributed by atoms with van der Waals surface area (Å²) in [6.07, 6.45) is 1.20. The standard InChI is InChI=1S/C23H18FNO4S/c1-13-4-2-3-5-15(13)8-6-14-7-9-17(24)18(10-14)25-19(26)11-16-12-30-21(23(28)29)20(16)22(25)27/h2-5,7,9-10,12H,6,8,11H2,1H3,(H,28,29). The van der Waals surface area contributed by atoms with Crippen molar-refractivity contribution in [2.45, 2.75) is 26.2 Å². The van der Waals surface area contributed by atoms with Crippen molar-refractivity contribution in [3.63, 3.8) is 0 Å². The van der Waals surface area contributed by atoms with Gasteiger partial charge in [-0.3, -0.25) is 9.59 Å². The maximum absolute atomic E-state index is 14.6. The number of halogens is 1. The maximum Gasteiger partial charge on any atom is 0.346 e. The first-order chi connectivity index (χ1) is 14.4. The molecule has 5 nitrogen and oxygen atoms in total. The van der Waals surface area contributed by atoms with Gasteiger partial charge >= 0.3 is 5.97 Å². The molecular weight excluding hydrogens is 405 g/mol. The second kappa shape index (κ2) is 7.84. The van der Waals surface area contributed by atoms with E-state index >= 15 is 0 Å². The number of carboxylic acid groups (broad SMARTS) is 1. The smallest absolute Gasteiger partial charge is 0.346 e. The Bertz CT molecular complexity index is 1180. The zero-order valence-electron chi connectivity index (χ0n) is 16.1. The monoisotopic (exact) mass is 423 g/mol. The van der Waals surface area contributed by atoms with Crippen LogP contribution >= 0.6 is 11.3 Å². The second-order valence-electron chi connectivity index (χ2n) is 7.19. The predicted octanol–water partition coefficient (Wildman–Crippen LogP) is 4.41. The van der Waals surface area contributed by atoms with Crippen LogP contribution in [0.4, 0.5) is 10.1 Å². The Morgan fingerprint density at radius 1 is 1.17 bits per heavy atom. The molecule has 2 aromatic carbocycles. The molecular formula is C23H18FNO4S. The number of imide groups is 1. The van der Waals surface area contributed by atoms with Crippen molar-refractivity contribution in [1.29, 1.82) is 0 Å². The highest BCUT2D eigenvalue weighted by atomic mass is 32.1. The largest absolute Gasteiger partial charge is 0.477 e. The van der Waals surface area contributed by atoms with Crippen LogP contribution in [0.3, 0.4) is 0 Å². The SMILES string of the molecule is Cc1ccccc1CCc1ccc(F)c(N2C(=O)Cc3csc(C(=O)O)c3C2=O)c1. The molecule has 0 unspecified atom stereocenters. The number of aromatic carboxylic acids is 1. The number of aryl methyl sites for hydroxylation is 3. The molecule has 1 N–H and O–H groups in total. The number of fused-ring (bicyclic) bond motifs is 1. The van der Waals surface area contributed by atoms with Gasteiger partial charge in [0.1, 0.15) is 10.7 Å². The van der Waals surface area contributed by atoms with Gasteiger partial charge in [0.2, 0.25) is 5.91 Å². The predicted molar refractivity (Wildman–Crippen MR) is 112 cm³/mol. The molecule has 0 spiro atoms. The number of hydrogen-bond acceptors (Lipinski definition) is 4. The topological polar surface area (TPSA) is 74.7 Å². The number of amides is 2. The van der Waals surface area contributed by atoms with E-state index in [1.165, 1.54) is 23.1 Å². The fourth-order valence-corrected chi connectivity index (χ4v) is 4.58. The third kappa shape index (κ3) is 3.52. The lowest BCUT2D eigenvalue weighted by atomic mass is 9.98. The third-order valence-corrected chi connectivity index (χ3v) is 6.28. The summed E-state index contributed by atoms with van der Waals surface area (Å²) in [6.45, 7) is 2.02. The molecule has 0 atom stereocenters. The highest BCUT2D eigenvalue weighted by molar-refractivity contribution is 7.12. The van der Waals surface area contributed by atoms with E-state index in [0.29, 0.717) is 12.0 Å². The zero-order valence-corrected chi connectivity index (χ0v) is 17.0. The van der Waals surface area contributed by atoms with Crippen molar-refractivity contribution in [2.75, 3.05) is 4.90 Å². The average Bonchev–Trinajstić information content (AvgIpc) is 3.13. The van der Waals surface area contributed by atoms with Gasteiger partial charge in [-0.1, -0.05) is 30.3 Å². The molecule has 1 aliphatic heterocycles. The molecule has 0 bridgehead atoms. The molecule has 0 fully saturated rings. The van der Waals surface area contributed by atoms with Crippen molar-refractivity contribution in [1.82, 2.24) is 0 Å². The summed E-state index contributed by atoms with van der Waals surface area (Å²) in [4.78, 5) is 37.7. The fraction of sp³-hybridized carbons (Fsp3) is 0.174. The van der Waals surface area contributed by atoms with Crippen LogP contribution in [0.25, 0.3) is 0 Å². The van der Waals surface area contributed by atoms with Crippen LogP contribution in [0.5, 0.6) is 0 Å². The van der Waals surface area contributed by atoms with Gasteiger partial charge < -0.3 is 5.11 Å². The number of thiophene rings is 1. The number of benzene rings is 2. The number of hydrogen-bond donors (Lipinski definition) is 1. The summed E-state index contributed by atoms with van der Waals surface area (Å²) >= 11 is 0.898. The summed E-state index contributed by atoms with van der Waals surface area (Å²) in [7, 11) is 0. The van der Waals surface area contributed by atoms with Crippen molar-refractivity contribution in [2.24, 2.45) is 0 Å². The minimum Gasteiger partial charge on any atom is -0.477 e. The second-order valence-corrected chi connectivity index (χ2v) is 8.07. The molecule has 0 aliphatic carbocycles. The first kappa shape index (κ1) is 20.0. The van der Waals surface area contributed by atoms with E-state index in [-0.39, 0.29) is 22.5 Å². The Labute approximate surface area is 176 Å². The third-order valence-electron chi connectivity index (χ3n) is 5.27. The van der Waals surface area contributed by atoms with Crippen molar-refractivity contribution in [3.05, 3.63) is 86.4 Å². The lowest BCUT2D eigenvalue weighted by Gasteiger charge is -2.26.